The Bertz CT molecular complexity index is 181. The Kier molecular flexibility index (Phi) is 1.92. The van der Waals surface area contributed by atoms with Crippen molar-refractivity contribution in [3.63, 3.8) is 0 Å². The van der Waals surface area contributed by atoms with Crippen molar-refractivity contribution in [2.24, 2.45) is 5.92 Å². The molecule has 2 heterocycles. The largest absolute Gasteiger partial charge is 0.465 e. The van der Waals surface area contributed by atoms with Crippen LogP contribution in [0.15, 0.2) is 0 Å². The first-order valence-electron chi connectivity index (χ1n) is 4.48. The van der Waals surface area contributed by atoms with E-state index in [1.807, 2.05) is 0 Å². The van der Waals surface area contributed by atoms with Gasteiger partial charge in [0.05, 0.1) is 0 Å². The maximum absolute atomic E-state index is 10.6. The van der Waals surface area contributed by atoms with E-state index in [0.717, 1.165) is 13.1 Å². The number of hydrogen-bond donors (Lipinski definition) is 2. The lowest BCUT2D eigenvalue weighted by atomic mass is 9.94. The smallest absolute Gasteiger partial charge is 0.407 e. The van der Waals surface area contributed by atoms with E-state index in [-0.39, 0.29) is 0 Å². The maximum atomic E-state index is 10.6. The van der Waals surface area contributed by atoms with Crippen LogP contribution < -0.4 is 5.32 Å². The number of nitrogens with zero attached hydrogens (tertiary/aromatic N) is 1. The molecule has 0 saturated carbocycles. The highest BCUT2D eigenvalue weighted by Crippen LogP contribution is 2.24. The number of nitrogens with one attached hydrogen (secondary N) is 1. The molecule has 2 N–H and O–H groups in total. The van der Waals surface area contributed by atoms with Crippen molar-refractivity contribution >= 4 is 6.09 Å². The SMILES string of the molecule is O=C(O)N1C[C@@H]2CCCN[C@@H]2C1. The van der Waals surface area contributed by atoms with Gasteiger partial charge >= 0.3 is 6.09 Å². The molecule has 12 heavy (non-hydrogen) atoms. The topological polar surface area (TPSA) is 52.6 Å². The standard InChI is InChI=1S/C8H14N2O2/c11-8(12)10-4-6-2-1-3-9-7(6)5-10/h6-7,9H,1-5H2,(H,11,12)/t6-,7+/m0/s1. The third kappa shape index (κ3) is 1.27. The van der Waals surface area contributed by atoms with E-state index in [9.17, 15) is 4.79 Å². The molecular weight excluding hydrogens is 156 g/mol. The van der Waals surface area contributed by atoms with Gasteiger partial charge in [-0.1, -0.05) is 0 Å². The summed E-state index contributed by atoms with van der Waals surface area (Å²) >= 11 is 0. The van der Waals surface area contributed by atoms with Gasteiger partial charge in [-0.3, -0.25) is 0 Å². The van der Waals surface area contributed by atoms with E-state index in [4.69, 9.17) is 5.11 Å². The first kappa shape index (κ1) is 7.86. The average molecular weight is 170 g/mol. The van der Waals surface area contributed by atoms with Crippen molar-refractivity contribution < 1.29 is 9.90 Å². The highest BCUT2D eigenvalue weighted by molar-refractivity contribution is 5.65. The third-order valence-electron chi connectivity index (χ3n) is 2.87. The van der Waals surface area contributed by atoms with E-state index >= 15 is 0 Å². The number of piperidine rings is 1. The van der Waals surface area contributed by atoms with Gasteiger partial charge in [0.2, 0.25) is 0 Å². The van der Waals surface area contributed by atoms with Crippen LogP contribution in [0, 0.1) is 5.92 Å². The van der Waals surface area contributed by atoms with Crippen molar-refractivity contribution in [1.82, 2.24) is 10.2 Å². The molecule has 1 amide bonds. The predicted octanol–water partition coefficient (Wildman–Crippen LogP) is 0.348. The lowest BCUT2D eigenvalue weighted by Gasteiger charge is -2.24. The molecule has 0 aromatic heterocycles. The lowest BCUT2D eigenvalue weighted by molar-refractivity contribution is 0.153. The highest BCUT2D eigenvalue weighted by Gasteiger charge is 2.36. The maximum Gasteiger partial charge on any atom is 0.407 e. The molecule has 4 heteroatoms. The molecule has 68 valence electrons. The van der Waals surface area contributed by atoms with E-state index in [1.54, 1.807) is 0 Å². The van der Waals surface area contributed by atoms with Crippen LogP contribution in [0.25, 0.3) is 0 Å². The minimum absolute atomic E-state index is 0.426. The van der Waals surface area contributed by atoms with E-state index < -0.39 is 6.09 Å². The Labute approximate surface area is 71.5 Å². The Balaban J connectivity index is 1.98. The van der Waals surface area contributed by atoms with E-state index in [2.05, 4.69) is 5.32 Å². The summed E-state index contributed by atoms with van der Waals surface area (Å²) in [7, 11) is 0. The zero-order valence-electron chi connectivity index (χ0n) is 6.99. The van der Waals surface area contributed by atoms with Crippen LogP contribution in [0.5, 0.6) is 0 Å². The monoisotopic (exact) mass is 170 g/mol. The van der Waals surface area contributed by atoms with Crippen LogP contribution in [0.3, 0.4) is 0 Å². The van der Waals surface area contributed by atoms with Gasteiger partial charge in [-0.2, -0.15) is 0 Å². The third-order valence-corrected chi connectivity index (χ3v) is 2.87. The van der Waals surface area contributed by atoms with Crippen LogP contribution in [0.1, 0.15) is 12.8 Å². The van der Waals surface area contributed by atoms with Crippen molar-refractivity contribution in [1.29, 1.82) is 0 Å². The molecule has 2 rings (SSSR count). The number of rotatable bonds is 0. The number of hydrogen-bond acceptors (Lipinski definition) is 2. The van der Waals surface area contributed by atoms with Gasteiger partial charge < -0.3 is 15.3 Å². The number of carboxylic acid groups (broad SMARTS) is 1. The number of amides is 1. The summed E-state index contributed by atoms with van der Waals surface area (Å²) in [4.78, 5) is 12.2. The fourth-order valence-corrected chi connectivity index (χ4v) is 2.20. The molecule has 0 aromatic rings. The summed E-state index contributed by atoms with van der Waals surface area (Å²) in [6, 6.07) is 0.426. The fraction of sp³-hybridized carbons (Fsp3) is 0.875. The molecule has 0 radical (unpaired) electrons. The van der Waals surface area contributed by atoms with Gasteiger partial charge in [-0.15, -0.1) is 0 Å². The van der Waals surface area contributed by atoms with Gasteiger partial charge in [-0.05, 0) is 25.3 Å². The molecule has 2 saturated heterocycles. The van der Waals surface area contributed by atoms with Crippen LogP contribution >= 0.6 is 0 Å². The van der Waals surface area contributed by atoms with Crippen molar-refractivity contribution in [3.8, 4) is 0 Å². The van der Waals surface area contributed by atoms with Gasteiger partial charge in [0.1, 0.15) is 0 Å². The average Bonchev–Trinajstić information content (AvgIpc) is 2.46. The Morgan fingerprint density at radius 3 is 3.00 bits per heavy atom. The van der Waals surface area contributed by atoms with Crippen LogP contribution in [0.2, 0.25) is 0 Å². The summed E-state index contributed by atoms with van der Waals surface area (Å²) in [6.45, 7) is 2.46. The summed E-state index contributed by atoms with van der Waals surface area (Å²) < 4.78 is 0. The first-order valence-corrected chi connectivity index (χ1v) is 4.48. The predicted molar refractivity (Wildman–Crippen MR) is 44.1 cm³/mol. The Morgan fingerprint density at radius 2 is 2.33 bits per heavy atom. The molecule has 2 aliphatic heterocycles. The van der Waals surface area contributed by atoms with Crippen molar-refractivity contribution in [2.45, 2.75) is 18.9 Å². The highest BCUT2D eigenvalue weighted by atomic mass is 16.4. The summed E-state index contributed by atoms with van der Waals surface area (Å²) in [5.74, 6) is 0.565. The zero-order chi connectivity index (χ0) is 8.55. The van der Waals surface area contributed by atoms with Gasteiger partial charge in [0.15, 0.2) is 0 Å². The fourth-order valence-electron chi connectivity index (χ4n) is 2.20. The molecule has 2 fully saturated rings. The summed E-state index contributed by atoms with van der Waals surface area (Å²) in [5, 5.41) is 12.1. The number of carbonyl (C=O) groups is 1. The van der Waals surface area contributed by atoms with Crippen LogP contribution in [-0.4, -0.2) is 41.8 Å². The van der Waals surface area contributed by atoms with Crippen LogP contribution in [0.4, 0.5) is 4.79 Å². The van der Waals surface area contributed by atoms with Gasteiger partial charge in [-0.25, -0.2) is 4.79 Å². The molecule has 0 aromatic carbocycles. The molecule has 0 spiro atoms. The Hall–Kier alpha value is -0.770. The van der Waals surface area contributed by atoms with Crippen molar-refractivity contribution in [3.05, 3.63) is 0 Å². The number of fused-ring (bicyclic) bond motifs is 1. The summed E-state index contributed by atoms with van der Waals surface area (Å²) in [5.41, 5.74) is 0. The molecule has 2 atom stereocenters. The van der Waals surface area contributed by atoms with Crippen LogP contribution in [-0.2, 0) is 0 Å². The van der Waals surface area contributed by atoms with Crippen molar-refractivity contribution in [2.75, 3.05) is 19.6 Å². The second-order valence-electron chi connectivity index (χ2n) is 3.65. The molecule has 0 aliphatic carbocycles. The van der Waals surface area contributed by atoms with E-state index in [1.165, 1.54) is 17.7 Å². The first-order chi connectivity index (χ1) is 5.77. The molecule has 0 unspecified atom stereocenters. The normalized spacial score (nSPS) is 34.8. The lowest BCUT2D eigenvalue weighted by Crippen LogP contribution is -2.40. The Morgan fingerprint density at radius 1 is 1.50 bits per heavy atom. The molecule has 4 nitrogen and oxygen atoms in total. The number of likely N-dealkylation sites (tertiary alicyclic amines) is 1. The minimum atomic E-state index is -0.772. The summed E-state index contributed by atoms with van der Waals surface area (Å²) in [6.07, 6.45) is 1.60. The second kappa shape index (κ2) is 2.94. The minimum Gasteiger partial charge on any atom is -0.465 e. The quantitative estimate of drug-likeness (QED) is 0.551. The zero-order valence-corrected chi connectivity index (χ0v) is 6.99. The molecular formula is C8H14N2O2. The van der Waals surface area contributed by atoms with Gasteiger partial charge in [0.25, 0.3) is 0 Å². The van der Waals surface area contributed by atoms with E-state index in [0.29, 0.717) is 18.5 Å². The molecule has 2 aliphatic rings. The second-order valence-corrected chi connectivity index (χ2v) is 3.65. The molecule has 0 bridgehead atoms. The van der Waals surface area contributed by atoms with Gasteiger partial charge in [0, 0.05) is 19.1 Å².